The molecule has 0 saturated heterocycles. The normalized spacial score (nSPS) is 13.7. The van der Waals surface area contributed by atoms with E-state index in [1.807, 2.05) is 34.6 Å². The first-order chi connectivity index (χ1) is 9.03. The van der Waals surface area contributed by atoms with Crippen molar-refractivity contribution in [2.45, 2.75) is 79.5 Å². The molecule has 0 radical (unpaired) electrons. The molecule has 0 bridgehead atoms. The lowest BCUT2D eigenvalue weighted by molar-refractivity contribution is 0.0192. The summed E-state index contributed by atoms with van der Waals surface area (Å²) >= 11 is 0. The van der Waals surface area contributed by atoms with Crippen LogP contribution in [0, 0.1) is 5.92 Å². The Bertz CT molecular complexity index is 283. The van der Waals surface area contributed by atoms with E-state index in [1.165, 1.54) is 0 Å². The lowest BCUT2D eigenvalue weighted by Gasteiger charge is -2.30. The van der Waals surface area contributed by atoms with Crippen LogP contribution >= 0.6 is 0 Å². The van der Waals surface area contributed by atoms with Gasteiger partial charge in [0, 0.05) is 25.2 Å². The molecular formula is C16H34N2O2. The number of nitrogens with zero attached hydrogens (tertiary/aromatic N) is 1. The third-order valence-electron chi connectivity index (χ3n) is 2.92. The lowest BCUT2D eigenvalue weighted by atomic mass is 10.1. The van der Waals surface area contributed by atoms with Crippen molar-refractivity contribution in [3.63, 3.8) is 0 Å². The van der Waals surface area contributed by atoms with Crippen molar-refractivity contribution in [3.8, 4) is 0 Å². The SMILES string of the molecule is CC(C)CC(C)NCCN(C(=O)OC(C)(C)C)C(C)C. The topological polar surface area (TPSA) is 41.6 Å². The van der Waals surface area contributed by atoms with E-state index in [0.717, 1.165) is 13.0 Å². The summed E-state index contributed by atoms with van der Waals surface area (Å²) in [6.45, 7) is 17.8. The maximum atomic E-state index is 12.1. The van der Waals surface area contributed by atoms with Crippen LogP contribution in [0.1, 0.15) is 61.8 Å². The monoisotopic (exact) mass is 286 g/mol. The molecule has 0 aromatic heterocycles. The average Bonchev–Trinajstić information content (AvgIpc) is 2.19. The molecule has 1 N–H and O–H groups in total. The van der Waals surface area contributed by atoms with Crippen molar-refractivity contribution in [2.24, 2.45) is 5.92 Å². The number of carbonyl (C=O) groups is 1. The summed E-state index contributed by atoms with van der Waals surface area (Å²) in [6.07, 6.45) is 0.916. The molecule has 1 amide bonds. The molecule has 0 rings (SSSR count). The number of amides is 1. The molecule has 120 valence electrons. The molecular weight excluding hydrogens is 252 g/mol. The van der Waals surface area contributed by atoms with Crippen LogP contribution in [-0.4, -0.2) is 41.8 Å². The molecule has 0 fully saturated rings. The maximum absolute atomic E-state index is 12.1. The molecule has 0 aromatic carbocycles. The minimum absolute atomic E-state index is 0.145. The van der Waals surface area contributed by atoms with Crippen molar-refractivity contribution in [3.05, 3.63) is 0 Å². The number of ether oxygens (including phenoxy) is 1. The number of nitrogens with one attached hydrogen (secondary N) is 1. The Morgan fingerprint density at radius 1 is 1.15 bits per heavy atom. The fourth-order valence-electron chi connectivity index (χ4n) is 2.10. The van der Waals surface area contributed by atoms with Gasteiger partial charge in [0.2, 0.25) is 0 Å². The van der Waals surface area contributed by atoms with Crippen LogP contribution < -0.4 is 5.32 Å². The Morgan fingerprint density at radius 2 is 1.70 bits per heavy atom. The zero-order chi connectivity index (χ0) is 15.9. The second-order valence-corrected chi connectivity index (χ2v) is 7.25. The molecule has 4 nitrogen and oxygen atoms in total. The lowest BCUT2D eigenvalue weighted by Crippen LogP contribution is -2.45. The number of hydrogen-bond donors (Lipinski definition) is 1. The van der Waals surface area contributed by atoms with Gasteiger partial charge < -0.3 is 15.0 Å². The molecule has 0 saturated carbocycles. The van der Waals surface area contributed by atoms with Crippen molar-refractivity contribution in [2.75, 3.05) is 13.1 Å². The van der Waals surface area contributed by atoms with Crippen LogP contribution in [0.5, 0.6) is 0 Å². The van der Waals surface area contributed by atoms with Crippen molar-refractivity contribution < 1.29 is 9.53 Å². The van der Waals surface area contributed by atoms with Gasteiger partial charge in [0.15, 0.2) is 0 Å². The molecule has 1 unspecified atom stereocenters. The van der Waals surface area contributed by atoms with Gasteiger partial charge in [-0.25, -0.2) is 4.79 Å². The number of carbonyl (C=O) groups excluding carboxylic acids is 1. The molecule has 0 aliphatic heterocycles. The Kier molecular flexibility index (Phi) is 8.17. The van der Waals surface area contributed by atoms with Crippen LogP contribution in [-0.2, 0) is 4.74 Å². The third-order valence-corrected chi connectivity index (χ3v) is 2.92. The van der Waals surface area contributed by atoms with Crippen LogP contribution in [0.4, 0.5) is 4.79 Å². The third kappa shape index (κ3) is 9.18. The summed E-state index contributed by atoms with van der Waals surface area (Å²) in [7, 11) is 0. The molecule has 20 heavy (non-hydrogen) atoms. The van der Waals surface area contributed by atoms with E-state index >= 15 is 0 Å². The predicted octanol–water partition coefficient (Wildman–Crippen LogP) is 3.66. The first-order valence-electron chi connectivity index (χ1n) is 7.76. The van der Waals surface area contributed by atoms with E-state index < -0.39 is 5.60 Å². The predicted molar refractivity (Wildman–Crippen MR) is 85.0 cm³/mol. The van der Waals surface area contributed by atoms with Crippen LogP contribution in [0.15, 0.2) is 0 Å². The van der Waals surface area contributed by atoms with Gasteiger partial charge in [-0.2, -0.15) is 0 Å². The largest absolute Gasteiger partial charge is 0.444 e. The fourth-order valence-corrected chi connectivity index (χ4v) is 2.10. The standard InChI is InChI=1S/C16H34N2O2/c1-12(2)11-14(5)17-9-10-18(13(3)4)15(19)20-16(6,7)8/h12-14,17H,9-11H2,1-8H3. The minimum Gasteiger partial charge on any atom is -0.444 e. The Labute approximate surface area is 125 Å². The highest BCUT2D eigenvalue weighted by Gasteiger charge is 2.23. The van der Waals surface area contributed by atoms with Gasteiger partial charge in [-0.1, -0.05) is 13.8 Å². The van der Waals surface area contributed by atoms with Gasteiger partial charge >= 0.3 is 6.09 Å². The summed E-state index contributed by atoms with van der Waals surface area (Å²) in [4.78, 5) is 13.9. The first-order valence-corrected chi connectivity index (χ1v) is 7.76. The molecule has 0 heterocycles. The van der Waals surface area contributed by atoms with Crippen molar-refractivity contribution >= 4 is 6.09 Å². The van der Waals surface area contributed by atoms with E-state index in [1.54, 1.807) is 4.90 Å². The molecule has 0 aliphatic carbocycles. The van der Waals surface area contributed by atoms with Crippen LogP contribution in [0.3, 0.4) is 0 Å². The second-order valence-electron chi connectivity index (χ2n) is 7.25. The van der Waals surface area contributed by atoms with Gasteiger partial charge in [-0.3, -0.25) is 0 Å². The van der Waals surface area contributed by atoms with Gasteiger partial charge in [0.1, 0.15) is 5.60 Å². The Hall–Kier alpha value is -0.770. The molecule has 0 spiro atoms. The molecule has 1 atom stereocenters. The quantitative estimate of drug-likeness (QED) is 0.776. The van der Waals surface area contributed by atoms with E-state index in [2.05, 4.69) is 26.1 Å². The first kappa shape index (κ1) is 19.2. The van der Waals surface area contributed by atoms with E-state index in [9.17, 15) is 4.79 Å². The summed E-state index contributed by atoms with van der Waals surface area (Å²) in [6, 6.07) is 0.620. The molecule has 0 aliphatic rings. The van der Waals surface area contributed by atoms with E-state index in [0.29, 0.717) is 18.5 Å². The number of rotatable bonds is 7. The van der Waals surface area contributed by atoms with Gasteiger partial charge in [0.25, 0.3) is 0 Å². The highest BCUT2D eigenvalue weighted by molar-refractivity contribution is 5.68. The number of hydrogen-bond acceptors (Lipinski definition) is 3. The van der Waals surface area contributed by atoms with Gasteiger partial charge in [-0.15, -0.1) is 0 Å². The zero-order valence-electron chi connectivity index (χ0n) is 14.6. The zero-order valence-corrected chi connectivity index (χ0v) is 14.6. The Balaban J connectivity index is 4.26. The maximum Gasteiger partial charge on any atom is 0.410 e. The Morgan fingerprint density at radius 3 is 2.10 bits per heavy atom. The summed E-state index contributed by atoms with van der Waals surface area (Å²) in [5.74, 6) is 0.685. The summed E-state index contributed by atoms with van der Waals surface area (Å²) in [5, 5.41) is 3.47. The second kappa shape index (κ2) is 8.50. The van der Waals surface area contributed by atoms with Gasteiger partial charge in [-0.05, 0) is 53.9 Å². The highest BCUT2D eigenvalue weighted by atomic mass is 16.6. The van der Waals surface area contributed by atoms with Crippen molar-refractivity contribution in [1.82, 2.24) is 10.2 Å². The van der Waals surface area contributed by atoms with Gasteiger partial charge in [0.05, 0.1) is 0 Å². The fraction of sp³-hybridized carbons (Fsp3) is 0.938. The smallest absolute Gasteiger partial charge is 0.410 e. The molecule has 0 aromatic rings. The highest BCUT2D eigenvalue weighted by Crippen LogP contribution is 2.11. The van der Waals surface area contributed by atoms with E-state index in [4.69, 9.17) is 4.74 Å². The molecule has 4 heteroatoms. The minimum atomic E-state index is -0.442. The average molecular weight is 286 g/mol. The van der Waals surface area contributed by atoms with E-state index in [-0.39, 0.29) is 12.1 Å². The summed E-state index contributed by atoms with van der Waals surface area (Å²) < 4.78 is 5.44. The van der Waals surface area contributed by atoms with Crippen LogP contribution in [0.25, 0.3) is 0 Å². The van der Waals surface area contributed by atoms with Crippen molar-refractivity contribution in [1.29, 1.82) is 0 Å². The van der Waals surface area contributed by atoms with Crippen LogP contribution in [0.2, 0.25) is 0 Å². The summed E-state index contributed by atoms with van der Waals surface area (Å²) in [5.41, 5.74) is -0.442.